The van der Waals surface area contributed by atoms with Crippen molar-refractivity contribution in [3.8, 4) is 11.1 Å². The molecule has 33 heavy (non-hydrogen) atoms. The number of nitrogens with zero attached hydrogens (tertiary/aromatic N) is 3. The summed E-state index contributed by atoms with van der Waals surface area (Å²) in [6, 6.07) is 2.96. The molecule has 2 N–H and O–H groups in total. The van der Waals surface area contributed by atoms with Crippen molar-refractivity contribution in [2.75, 3.05) is 36.9 Å². The number of amides is 1. The highest BCUT2D eigenvalue weighted by atomic mass is 19.4. The van der Waals surface area contributed by atoms with Crippen LogP contribution in [0.2, 0.25) is 0 Å². The molecule has 0 bridgehead atoms. The molecule has 4 rings (SSSR count). The molecule has 1 atom stereocenters. The van der Waals surface area contributed by atoms with Crippen LogP contribution in [0, 0.1) is 12.8 Å². The molecule has 0 aromatic carbocycles. The molecule has 1 amide bonds. The number of H-pyrrole nitrogens is 1. The summed E-state index contributed by atoms with van der Waals surface area (Å²) in [5.74, 6) is 0.682. The van der Waals surface area contributed by atoms with Gasteiger partial charge < -0.3 is 20.1 Å². The van der Waals surface area contributed by atoms with Gasteiger partial charge in [-0.3, -0.25) is 9.59 Å². The molecular formula is C23H28F3N5O2. The third-order valence-corrected chi connectivity index (χ3v) is 6.32. The summed E-state index contributed by atoms with van der Waals surface area (Å²) in [6.45, 7) is 3.78. The van der Waals surface area contributed by atoms with Gasteiger partial charge in [0.05, 0.1) is 0 Å². The predicted octanol–water partition coefficient (Wildman–Crippen LogP) is 3.56. The van der Waals surface area contributed by atoms with Crippen LogP contribution in [-0.4, -0.2) is 59.7 Å². The second kappa shape index (κ2) is 9.17. The Labute approximate surface area is 190 Å². The van der Waals surface area contributed by atoms with E-state index in [1.54, 1.807) is 25.3 Å². The van der Waals surface area contributed by atoms with Gasteiger partial charge >= 0.3 is 6.18 Å². The smallest absolute Gasteiger partial charge is 0.346 e. The molecule has 2 fully saturated rings. The number of anilines is 2. The number of nitrogens with one attached hydrogen (secondary N) is 2. The van der Waals surface area contributed by atoms with E-state index >= 15 is 0 Å². The Hall–Kier alpha value is -2.88. The molecule has 2 aromatic heterocycles. The molecule has 2 saturated heterocycles. The number of rotatable bonds is 5. The summed E-state index contributed by atoms with van der Waals surface area (Å²) in [7, 11) is 2.00. The molecule has 0 radical (unpaired) electrons. The maximum Gasteiger partial charge on any atom is 0.408 e. The van der Waals surface area contributed by atoms with Gasteiger partial charge in [-0.25, -0.2) is 4.98 Å². The average molecular weight is 464 g/mol. The fraction of sp³-hybridized carbons (Fsp3) is 0.522. The molecule has 2 aliphatic rings. The van der Waals surface area contributed by atoms with E-state index in [9.17, 15) is 22.8 Å². The fourth-order valence-electron chi connectivity index (χ4n) is 4.72. The lowest BCUT2D eigenvalue weighted by Gasteiger charge is -2.38. The molecule has 4 heterocycles. The third kappa shape index (κ3) is 5.38. The molecule has 0 saturated carbocycles. The molecule has 0 unspecified atom stereocenters. The van der Waals surface area contributed by atoms with Crippen LogP contribution in [0.5, 0.6) is 0 Å². The van der Waals surface area contributed by atoms with Crippen LogP contribution >= 0.6 is 0 Å². The predicted molar refractivity (Wildman–Crippen MR) is 120 cm³/mol. The fourth-order valence-corrected chi connectivity index (χ4v) is 4.72. The average Bonchev–Trinajstić information content (AvgIpc) is 2.73. The normalized spacial score (nSPS) is 19.9. The number of piperidine rings is 1. The van der Waals surface area contributed by atoms with Gasteiger partial charge in [-0.1, -0.05) is 0 Å². The molecule has 0 aliphatic carbocycles. The lowest BCUT2D eigenvalue weighted by molar-refractivity contribution is -0.152. The Balaban J connectivity index is 1.60. The Morgan fingerprint density at radius 1 is 1.24 bits per heavy atom. The Morgan fingerprint density at radius 3 is 2.70 bits per heavy atom. The number of hydrogen-bond donors (Lipinski definition) is 2. The van der Waals surface area contributed by atoms with Gasteiger partial charge in [-0.2, -0.15) is 13.2 Å². The lowest BCUT2D eigenvalue weighted by atomic mass is 9.97. The van der Waals surface area contributed by atoms with Crippen molar-refractivity contribution >= 4 is 17.5 Å². The Kier molecular flexibility index (Phi) is 6.47. The highest BCUT2D eigenvalue weighted by molar-refractivity contribution is 5.90. The minimum atomic E-state index is -4.38. The summed E-state index contributed by atoms with van der Waals surface area (Å²) in [5.41, 5.74) is 1.38. The number of likely N-dealkylation sites (tertiary alicyclic amines) is 1. The van der Waals surface area contributed by atoms with E-state index in [-0.39, 0.29) is 24.7 Å². The summed E-state index contributed by atoms with van der Waals surface area (Å²) < 4.78 is 40.8. The maximum atomic E-state index is 13.6. The molecule has 10 heteroatoms. The van der Waals surface area contributed by atoms with Gasteiger partial charge in [0.1, 0.15) is 17.7 Å². The molecular weight excluding hydrogens is 435 g/mol. The van der Waals surface area contributed by atoms with Crippen molar-refractivity contribution in [3.05, 3.63) is 40.3 Å². The summed E-state index contributed by atoms with van der Waals surface area (Å²) >= 11 is 0. The first-order valence-corrected chi connectivity index (χ1v) is 11.1. The van der Waals surface area contributed by atoms with E-state index in [4.69, 9.17) is 0 Å². The minimum absolute atomic E-state index is 0.00297. The molecule has 178 valence electrons. The van der Waals surface area contributed by atoms with Crippen molar-refractivity contribution < 1.29 is 18.0 Å². The van der Waals surface area contributed by atoms with Crippen LogP contribution in [0.15, 0.2) is 29.2 Å². The number of aromatic nitrogens is 2. The number of aromatic amines is 1. The number of pyridine rings is 2. The van der Waals surface area contributed by atoms with Gasteiger partial charge in [-0.15, -0.1) is 0 Å². The van der Waals surface area contributed by atoms with E-state index in [1.807, 2.05) is 7.05 Å². The van der Waals surface area contributed by atoms with Crippen LogP contribution in [0.3, 0.4) is 0 Å². The van der Waals surface area contributed by atoms with Crippen molar-refractivity contribution in [2.24, 2.45) is 5.92 Å². The number of hydrogen-bond acceptors (Lipinski definition) is 5. The zero-order valence-corrected chi connectivity index (χ0v) is 18.7. The number of halogens is 3. The van der Waals surface area contributed by atoms with E-state index in [0.29, 0.717) is 42.1 Å². The second-order valence-corrected chi connectivity index (χ2v) is 9.09. The van der Waals surface area contributed by atoms with E-state index in [0.717, 1.165) is 18.7 Å². The quantitative estimate of drug-likeness (QED) is 0.709. The van der Waals surface area contributed by atoms with Crippen LogP contribution in [-0.2, 0) is 4.79 Å². The van der Waals surface area contributed by atoms with Crippen molar-refractivity contribution in [2.45, 2.75) is 44.8 Å². The highest BCUT2D eigenvalue weighted by Gasteiger charge is 2.45. The van der Waals surface area contributed by atoms with Gasteiger partial charge in [0, 0.05) is 38.3 Å². The van der Waals surface area contributed by atoms with Gasteiger partial charge in [0.15, 0.2) is 0 Å². The number of carbonyl (C=O) groups excluding carboxylic acids is 1. The first kappa shape index (κ1) is 23.3. The van der Waals surface area contributed by atoms with Crippen LogP contribution in [0.4, 0.5) is 24.8 Å². The highest BCUT2D eigenvalue weighted by Crippen LogP contribution is 2.35. The summed E-state index contributed by atoms with van der Waals surface area (Å²) in [6.07, 6.45) is -1.28. The SMILES string of the molecule is Cc1cnc(NC(=O)CC2CN(C)C2)cc1-c1cc(N2CCCC[C@@H]2C(F)(F)F)[nH]c(=O)c1. The number of alkyl halides is 3. The first-order chi connectivity index (χ1) is 15.6. The Bertz CT molecular complexity index is 1080. The minimum Gasteiger partial charge on any atom is -0.346 e. The van der Waals surface area contributed by atoms with E-state index in [2.05, 4.69) is 20.2 Å². The molecule has 2 aromatic rings. The zero-order valence-electron chi connectivity index (χ0n) is 18.7. The Morgan fingerprint density at radius 2 is 2.00 bits per heavy atom. The summed E-state index contributed by atoms with van der Waals surface area (Å²) in [4.78, 5) is 35.0. The lowest BCUT2D eigenvalue weighted by Crippen LogP contribution is -2.49. The topological polar surface area (TPSA) is 81.3 Å². The molecule has 2 aliphatic heterocycles. The second-order valence-electron chi connectivity index (χ2n) is 9.09. The van der Waals surface area contributed by atoms with Crippen LogP contribution in [0.1, 0.15) is 31.2 Å². The monoisotopic (exact) mass is 463 g/mol. The number of carbonyl (C=O) groups is 1. The van der Waals surface area contributed by atoms with Crippen LogP contribution in [0.25, 0.3) is 11.1 Å². The number of aryl methyl sites for hydroxylation is 1. The maximum absolute atomic E-state index is 13.6. The van der Waals surface area contributed by atoms with E-state index < -0.39 is 17.8 Å². The first-order valence-electron chi connectivity index (χ1n) is 11.1. The van der Waals surface area contributed by atoms with Crippen molar-refractivity contribution in [1.29, 1.82) is 0 Å². The van der Waals surface area contributed by atoms with Crippen molar-refractivity contribution in [1.82, 2.24) is 14.9 Å². The van der Waals surface area contributed by atoms with E-state index in [1.165, 1.54) is 11.0 Å². The molecule has 7 nitrogen and oxygen atoms in total. The summed E-state index contributed by atoms with van der Waals surface area (Å²) in [5, 5.41) is 2.80. The van der Waals surface area contributed by atoms with Gasteiger partial charge in [0.2, 0.25) is 11.5 Å². The third-order valence-electron chi connectivity index (χ3n) is 6.32. The zero-order chi connectivity index (χ0) is 23.8. The largest absolute Gasteiger partial charge is 0.408 e. The molecule has 0 spiro atoms. The van der Waals surface area contributed by atoms with Crippen LogP contribution < -0.4 is 15.8 Å². The van der Waals surface area contributed by atoms with Gasteiger partial charge in [0.25, 0.3) is 0 Å². The van der Waals surface area contributed by atoms with Crippen molar-refractivity contribution in [3.63, 3.8) is 0 Å². The standard InChI is InChI=1S/C23H28F3N5O2/c1-14-11-27-19(28-21(32)7-15-12-30(2)13-15)10-17(14)16-8-20(29-22(33)9-16)31-6-4-3-5-18(31)23(24,25)26/h8-11,15,18H,3-7,12-13H2,1-2H3,(H,29,33)(H,27,28,32)/t18-/m1/s1. The van der Waals surface area contributed by atoms with Gasteiger partial charge in [-0.05, 0) is 68.0 Å².